The molecule has 0 saturated carbocycles. The maximum Gasteiger partial charge on any atom is 0.142 e. The van der Waals surface area contributed by atoms with Gasteiger partial charge in [0.1, 0.15) is 6.29 Å². The van der Waals surface area contributed by atoms with E-state index >= 15 is 0 Å². The average molecular weight is 128 g/mol. The molecule has 9 heavy (non-hydrogen) atoms. The molecule has 0 amide bonds. The van der Waals surface area contributed by atoms with E-state index in [9.17, 15) is 4.79 Å². The fourth-order valence-corrected chi connectivity index (χ4v) is 0.577. The molecule has 0 aliphatic heterocycles. The van der Waals surface area contributed by atoms with Crippen LogP contribution in [0.15, 0.2) is 12.1 Å². The van der Waals surface area contributed by atoms with Crippen LogP contribution >= 0.6 is 0 Å². The third-order valence-corrected chi connectivity index (χ3v) is 1.07. The highest BCUT2D eigenvalue weighted by Crippen LogP contribution is 1.98. The van der Waals surface area contributed by atoms with Crippen LogP contribution in [-0.4, -0.2) is 6.29 Å². The number of rotatable bonds is 5. The molecule has 0 bridgehead atoms. The van der Waals surface area contributed by atoms with Gasteiger partial charge in [-0.15, -0.1) is 0 Å². The summed E-state index contributed by atoms with van der Waals surface area (Å²) in [5, 5.41) is 0. The molecule has 1 heteroatoms. The number of carbonyl (C=O) groups excluding carboxylic acids is 1. The van der Waals surface area contributed by atoms with Gasteiger partial charge in [0.05, 0.1) is 2.74 Å². The first-order chi connectivity index (χ1) is 5.22. The number of hydrogen-bond acceptors (Lipinski definition) is 1. The summed E-state index contributed by atoms with van der Waals surface area (Å²) in [4.78, 5) is 10.0. The fourth-order valence-electron chi connectivity index (χ4n) is 0.577. The monoisotopic (exact) mass is 128 g/mol. The summed E-state index contributed by atoms with van der Waals surface area (Å²) >= 11 is 0. The van der Waals surface area contributed by atoms with Gasteiger partial charge in [-0.25, -0.2) is 0 Å². The standard InChI is InChI=1S/C8H14O/c1-2-3-4-5-6-7-8-9/h6-8H,2-5H2,1H3/b7-6+/i6D,7D. The zero-order chi connectivity index (χ0) is 8.69. The van der Waals surface area contributed by atoms with Gasteiger partial charge in [0, 0.05) is 0 Å². The normalized spacial score (nSPS) is 15.7. The van der Waals surface area contributed by atoms with Crippen molar-refractivity contribution in [2.45, 2.75) is 32.6 Å². The number of hydrogen-bond donors (Lipinski definition) is 0. The van der Waals surface area contributed by atoms with Gasteiger partial charge in [0.25, 0.3) is 0 Å². The van der Waals surface area contributed by atoms with Gasteiger partial charge in [0.2, 0.25) is 0 Å². The molecule has 0 aliphatic carbocycles. The number of aldehydes is 1. The molecule has 0 aromatic carbocycles. The van der Waals surface area contributed by atoms with Crippen LogP contribution in [0, 0.1) is 0 Å². The molecule has 0 rings (SSSR count). The summed E-state index contributed by atoms with van der Waals surface area (Å²) in [6.45, 7) is 2.08. The summed E-state index contributed by atoms with van der Waals surface area (Å²) in [7, 11) is 0. The summed E-state index contributed by atoms with van der Waals surface area (Å²) in [6, 6.07) is -0.0189. The quantitative estimate of drug-likeness (QED) is 0.315. The average Bonchev–Trinajstić information content (AvgIpc) is 2.03. The molecular weight excluding hydrogens is 112 g/mol. The molecule has 0 saturated heterocycles. The molecule has 0 aromatic rings. The van der Waals surface area contributed by atoms with Crippen molar-refractivity contribution in [2.24, 2.45) is 0 Å². The minimum absolute atomic E-state index is 0.161. The summed E-state index contributed by atoms with van der Waals surface area (Å²) < 4.78 is 14.2. The highest BCUT2D eigenvalue weighted by molar-refractivity contribution is 5.64. The smallest absolute Gasteiger partial charge is 0.142 e. The van der Waals surface area contributed by atoms with Crippen molar-refractivity contribution in [3.05, 3.63) is 12.1 Å². The van der Waals surface area contributed by atoms with E-state index in [2.05, 4.69) is 6.92 Å². The Morgan fingerprint density at radius 2 is 2.33 bits per heavy atom. The molecular formula is C8H14O. The van der Waals surface area contributed by atoms with Gasteiger partial charge in [0.15, 0.2) is 0 Å². The van der Waals surface area contributed by atoms with Crippen LogP contribution in [0.25, 0.3) is 0 Å². The van der Waals surface area contributed by atoms with Crippen LogP contribution in [0.2, 0.25) is 0 Å². The summed E-state index contributed by atoms with van der Waals surface area (Å²) in [5.41, 5.74) is 0. The van der Waals surface area contributed by atoms with Crippen molar-refractivity contribution < 1.29 is 7.54 Å². The zero-order valence-corrected chi connectivity index (χ0v) is 5.81. The third-order valence-electron chi connectivity index (χ3n) is 1.07. The van der Waals surface area contributed by atoms with Crippen LogP contribution < -0.4 is 0 Å². The highest BCUT2D eigenvalue weighted by atomic mass is 16.1. The molecule has 0 N–H and O–H groups in total. The summed E-state index contributed by atoms with van der Waals surface area (Å²) in [5.74, 6) is 0. The van der Waals surface area contributed by atoms with Crippen molar-refractivity contribution in [3.8, 4) is 0 Å². The van der Waals surface area contributed by atoms with Crippen LogP contribution in [0.5, 0.6) is 0 Å². The number of carbonyl (C=O) groups is 1. The topological polar surface area (TPSA) is 17.1 Å². The second kappa shape index (κ2) is 7.41. The van der Waals surface area contributed by atoms with Crippen LogP contribution in [0.3, 0.4) is 0 Å². The van der Waals surface area contributed by atoms with E-state index in [1.807, 2.05) is 0 Å². The number of unbranched alkanes of at least 4 members (excludes halogenated alkanes) is 2. The minimum Gasteiger partial charge on any atom is -0.299 e. The molecule has 0 fully saturated rings. The van der Waals surface area contributed by atoms with Gasteiger partial charge in [-0.1, -0.05) is 25.8 Å². The molecule has 0 heterocycles. The van der Waals surface area contributed by atoms with E-state index in [0.29, 0.717) is 12.7 Å². The Labute approximate surface area is 59.6 Å². The fraction of sp³-hybridized carbons (Fsp3) is 0.625. The van der Waals surface area contributed by atoms with Crippen LogP contribution in [0.1, 0.15) is 35.3 Å². The minimum atomic E-state index is -0.180. The first-order valence-corrected chi connectivity index (χ1v) is 3.34. The van der Waals surface area contributed by atoms with Crippen molar-refractivity contribution in [2.75, 3.05) is 0 Å². The Morgan fingerprint density at radius 1 is 1.56 bits per heavy atom. The predicted molar refractivity (Wildman–Crippen MR) is 39.3 cm³/mol. The number of allylic oxidation sites excluding steroid dienone is 2. The lowest BCUT2D eigenvalue weighted by molar-refractivity contribution is -0.104. The van der Waals surface area contributed by atoms with Crippen molar-refractivity contribution in [3.63, 3.8) is 0 Å². The Morgan fingerprint density at radius 3 is 2.89 bits per heavy atom. The molecule has 0 aromatic heterocycles. The zero-order valence-electron chi connectivity index (χ0n) is 7.81. The lowest BCUT2D eigenvalue weighted by atomic mass is 10.2. The van der Waals surface area contributed by atoms with Crippen molar-refractivity contribution >= 4 is 6.29 Å². The Hall–Kier alpha value is -0.590. The predicted octanol–water partition coefficient (Wildman–Crippen LogP) is 2.32. The lowest BCUT2D eigenvalue weighted by Gasteiger charge is -1.88. The van der Waals surface area contributed by atoms with E-state index in [1.54, 1.807) is 0 Å². The van der Waals surface area contributed by atoms with Crippen molar-refractivity contribution in [1.82, 2.24) is 0 Å². The van der Waals surface area contributed by atoms with E-state index in [1.165, 1.54) is 0 Å². The molecule has 1 nitrogen and oxygen atoms in total. The molecule has 0 aliphatic rings. The first-order valence-electron chi connectivity index (χ1n) is 4.34. The van der Waals surface area contributed by atoms with E-state index in [4.69, 9.17) is 2.74 Å². The maximum atomic E-state index is 10.0. The Balaban J connectivity index is 3.67. The second-order valence-electron chi connectivity index (χ2n) is 1.90. The van der Waals surface area contributed by atoms with Crippen LogP contribution in [-0.2, 0) is 4.79 Å². The largest absolute Gasteiger partial charge is 0.299 e. The molecule has 0 unspecified atom stereocenters. The Kier molecular flexibility index (Phi) is 4.29. The van der Waals surface area contributed by atoms with E-state index in [-0.39, 0.29) is 12.1 Å². The van der Waals surface area contributed by atoms with Crippen LogP contribution in [0.4, 0.5) is 0 Å². The van der Waals surface area contributed by atoms with E-state index in [0.717, 1.165) is 19.3 Å². The molecule has 0 radical (unpaired) electrons. The summed E-state index contributed by atoms with van der Waals surface area (Å²) in [6.07, 6.45) is 4.06. The SMILES string of the molecule is [2H]/C(C=O)=C(/[2H])CCCCC. The van der Waals surface area contributed by atoms with Gasteiger partial charge >= 0.3 is 0 Å². The third kappa shape index (κ3) is 7.41. The second-order valence-corrected chi connectivity index (χ2v) is 1.90. The highest BCUT2D eigenvalue weighted by Gasteiger charge is 1.79. The molecule has 52 valence electrons. The molecule has 0 atom stereocenters. The van der Waals surface area contributed by atoms with Gasteiger partial charge in [-0.05, 0) is 18.9 Å². The van der Waals surface area contributed by atoms with Gasteiger partial charge < -0.3 is 0 Å². The van der Waals surface area contributed by atoms with Crippen molar-refractivity contribution in [1.29, 1.82) is 0 Å². The van der Waals surface area contributed by atoms with E-state index < -0.39 is 0 Å². The molecule has 0 spiro atoms. The van der Waals surface area contributed by atoms with Gasteiger partial charge in [-0.3, -0.25) is 4.79 Å². The lowest BCUT2D eigenvalue weighted by Crippen LogP contribution is -1.70. The Bertz CT molecular complexity index is 152. The van der Waals surface area contributed by atoms with Gasteiger partial charge in [-0.2, -0.15) is 0 Å². The maximum absolute atomic E-state index is 10.0. The first kappa shape index (κ1) is 5.21.